The summed E-state index contributed by atoms with van der Waals surface area (Å²) < 4.78 is 11.1. The van der Waals surface area contributed by atoms with E-state index < -0.39 is 12.1 Å². The number of rotatable bonds is 7. The summed E-state index contributed by atoms with van der Waals surface area (Å²) in [6.45, 7) is 3.86. The third-order valence-electron chi connectivity index (χ3n) is 3.42. The number of aliphatic carboxylic acids is 1. The number of carbonyl (C=O) groups is 1. The van der Waals surface area contributed by atoms with E-state index in [0.29, 0.717) is 10.8 Å². The second-order valence-electron chi connectivity index (χ2n) is 5.96. The Labute approximate surface area is 158 Å². The van der Waals surface area contributed by atoms with Crippen LogP contribution >= 0.6 is 11.6 Å². The number of halogens is 1. The van der Waals surface area contributed by atoms with Gasteiger partial charge in [-0.05, 0) is 55.8 Å². The predicted octanol–water partition coefficient (Wildman–Crippen LogP) is 4.19. The molecule has 26 heavy (non-hydrogen) atoms. The molecule has 136 valence electrons. The molecule has 4 nitrogen and oxygen atoms in total. The van der Waals surface area contributed by atoms with Crippen molar-refractivity contribution in [1.29, 1.82) is 0 Å². The lowest BCUT2D eigenvalue weighted by Crippen LogP contribution is -2.29. The molecule has 2 aromatic rings. The van der Waals surface area contributed by atoms with E-state index in [1.54, 1.807) is 12.1 Å². The van der Waals surface area contributed by atoms with Gasteiger partial charge in [-0.1, -0.05) is 35.6 Å². The summed E-state index contributed by atoms with van der Waals surface area (Å²) in [7, 11) is 0. The molecule has 1 atom stereocenters. The number of benzene rings is 2. The van der Waals surface area contributed by atoms with Gasteiger partial charge in [-0.2, -0.15) is 0 Å². The Morgan fingerprint density at radius 1 is 1.19 bits per heavy atom. The summed E-state index contributed by atoms with van der Waals surface area (Å²) in [5, 5.41) is 9.94. The fourth-order valence-electron chi connectivity index (χ4n) is 2.29. The lowest BCUT2D eigenvalue weighted by molar-refractivity contribution is -0.153. The minimum absolute atomic E-state index is 0.154. The van der Waals surface area contributed by atoms with Crippen molar-refractivity contribution >= 4 is 17.6 Å². The normalized spacial score (nSPS) is 11.5. The molecule has 5 heteroatoms. The minimum atomic E-state index is -0.973. The molecule has 0 amide bonds. The number of carboxylic acid groups (broad SMARTS) is 1. The molecule has 0 unspecified atom stereocenters. The molecule has 0 aliphatic heterocycles. The van der Waals surface area contributed by atoms with Crippen molar-refractivity contribution in [1.82, 2.24) is 0 Å². The third kappa shape index (κ3) is 6.79. The fraction of sp³-hybridized carbons (Fsp3) is 0.286. The Morgan fingerprint density at radius 2 is 1.92 bits per heavy atom. The first-order chi connectivity index (χ1) is 12.4. The largest absolute Gasteiger partial charge is 0.481 e. The summed E-state index contributed by atoms with van der Waals surface area (Å²) in [6.07, 6.45) is -0.755. The monoisotopic (exact) mass is 372 g/mol. The Morgan fingerprint density at radius 3 is 2.58 bits per heavy atom. The number of carboxylic acids is 1. The zero-order chi connectivity index (χ0) is 18.9. The summed E-state index contributed by atoms with van der Waals surface area (Å²) in [5.74, 6) is 5.60. The molecule has 1 N–H and O–H groups in total. The van der Waals surface area contributed by atoms with Crippen LogP contribution in [0, 0.1) is 11.8 Å². The molecule has 0 aromatic heterocycles. The molecule has 2 aromatic carbocycles. The summed E-state index contributed by atoms with van der Waals surface area (Å²) in [6, 6.07) is 14.6. The van der Waals surface area contributed by atoms with Crippen molar-refractivity contribution in [3.05, 3.63) is 64.7 Å². The van der Waals surface area contributed by atoms with Crippen molar-refractivity contribution in [3.8, 4) is 17.6 Å². The lowest BCUT2D eigenvalue weighted by Gasteiger charge is -2.16. The lowest BCUT2D eigenvalue weighted by atomic mass is 10.1. The van der Waals surface area contributed by atoms with Crippen molar-refractivity contribution in [2.24, 2.45) is 0 Å². The number of hydrogen-bond acceptors (Lipinski definition) is 3. The average Bonchev–Trinajstić information content (AvgIpc) is 2.59. The number of ether oxygens (including phenoxy) is 2. The van der Waals surface area contributed by atoms with E-state index in [2.05, 4.69) is 11.8 Å². The van der Waals surface area contributed by atoms with E-state index in [1.165, 1.54) is 0 Å². The molecular formula is C21H21ClO4. The van der Waals surface area contributed by atoms with Crippen molar-refractivity contribution in [2.75, 3.05) is 6.61 Å². The first kappa shape index (κ1) is 19.8. The molecule has 0 heterocycles. The topological polar surface area (TPSA) is 55.8 Å². The smallest absolute Gasteiger partial charge is 0.333 e. The van der Waals surface area contributed by atoms with Gasteiger partial charge in [0.1, 0.15) is 12.4 Å². The van der Waals surface area contributed by atoms with Crippen LogP contribution < -0.4 is 4.74 Å². The van der Waals surface area contributed by atoms with Crippen LogP contribution in [0.5, 0.6) is 5.75 Å². The van der Waals surface area contributed by atoms with E-state index in [-0.39, 0.29) is 19.1 Å². The Balaban J connectivity index is 1.94. The first-order valence-corrected chi connectivity index (χ1v) is 8.66. The van der Waals surface area contributed by atoms with Gasteiger partial charge in [-0.25, -0.2) is 4.79 Å². The molecule has 2 rings (SSSR count). The molecular weight excluding hydrogens is 352 g/mol. The van der Waals surface area contributed by atoms with E-state index >= 15 is 0 Å². The van der Waals surface area contributed by atoms with Crippen molar-refractivity contribution in [2.45, 2.75) is 32.5 Å². The zero-order valence-electron chi connectivity index (χ0n) is 14.7. The fourth-order valence-corrected chi connectivity index (χ4v) is 2.42. The van der Waals surface area contributed by atoms with Crippen LogP contribution in [-0.2, 0) is 16.0 Å². The highest BCUT2D eigenvalue weighted by molar-refractivity contribution is 6.30. The van der Waals surface area contributed by atoms with Gasteiger partial charge in [0.25, 0.3) is 0 Å². The summed E-state index contributed by atoms with van der Waals surface area (Å²) in [4.78, 5) is 11.3. The highest BCUT2D eigenvalue weighted by atomic mass is 35.5. The molecule has 0 saturated heterocycles. The minimum Gasteiger partial charge on any atom is -0.481 e. The third-order valence-corrected chi connectivity index (χ3v) is 3.67. The zero-order valence-corrected chi connectivity index (χ0v) is 15.5. The Kier molecular flexibility index (Phi) is 7.53. The van der Waals surface area contributed by atoms with Crippen LogP contribution in [0.1, 0.15) is 25.0 Å². The maximum atomic E-state index is 11.3. The second-order valence-corrected chi connectivity index (χ2v) is 6.40. The van der Waals surface area contributed by atoms with Gasteiger partial charge < -0.3 is 14.6 Å². The average molecular weight is 373 g/mol. The molecule has 0 bridgehead atoms. The van der Waals surface area contributed by atoms with Gasteiger partial charge in [0.15, 0.2) is 6.10 Å². The highest BCUT2D eigenvalue weighted by Crippen LogP contribution is 2.16. The quantitative estimate of drug-likeness (QED) is 0.740. The summed E-state index contributed by atoms with van der Waals surface area (Å²) >= 11 is 5.83. The van der Waals surface area contributed by atoms with E-state index in [4.69, 9.17) is 21.1 Å². The molecule has 0 radical (unpaired) electrons. The molecule has 0 fully saturated rings. The molecule has 0 aliphatic rings. The van der Waals surface area contributed by atoms with Crippen LogP contribution in [0.3, 0.4) is 0 Å². The first-order valence-electron chi connectivity index (χ1n) is 8.28. The van der Waals surface area contributed by atoms with Crippen LogP contribution in [0.4, 0.5) is 0 Å². The van der Waals surface area contributed by atoms with Crippen LogP contribution in [-0.4, -0.2) is 29.9 Å². The van der Waals surface area contributed by atoms with Gasteiger partial charge in [0, 0.05) is 17.0 Å². The van der Waals surface area contributed by atoms with Gasteiger partial charge >= 0.3 is 5.97 Å². The van der Waals surface area contributed by atoms with E-state index in [9.17, 15) is 9.90 Å². The summed E-state index contributed by atoms with van der Waals surface area (Å²) in [5.41, 5.74) is 1.70. The van der Waals surface area contributed by atoms with Crippen molar-refractivity contribution in [3.63, 3.8) is 0 Å². The highest BCUT2D eigenvalue weighted by Gasteiger charge is 2.20. The van der Waals surface area contributed by atoms with Gasteiger partial charge in [-0.15, -0.1) is 0 Å². The standard InChI is InChI=1S/C21H21ClO4/c1-15(2)26-20(21(23)24)14-17-5-3-7-19(13-17)25-12-4-6-16-8-10-18(22)11-9-16/h3,5,7-11,13,15,20H,12,14H2,1-2H3,(H,23,24)/t20-/m0/s1. The number of hydrogen-bond donors (Lipinski definition) is 1. The molecule has 0 saturated carbocycles. The van der Waals surface area contributed by atoms with Crippen LogP contribution in [0.25, 0.3) is 0 Å². The molecule has 0 aliphatic carbocycles. The Bertz CT molecular complexity index is 788. The van der Waals surface area contributed by atoms with Gasteiger partial charge in [-0.3, -0.25) is 0 Å². The maximum absolute atomic E-state index is 11.3. The van der Waals surface area contributed by atoms with Gasteiger partial charge in [0.2, 0.25) is 0 Å². The Hall–Kier alpha value is -2.48. The van der Waals surface area contributed by atoms with Gasteiger partial charge in [0.05, 0.1) is 6.10 Å². The van der Waals surface area contributed by atoms with E-state index in [1.807, 2.05) is 50.2 Å². The van der Waals surface area contributed by atoms with Crippen LogP contribution in [0.2, 0.25) is 5.02 Å². The second kappa shape index (κ2) is 9.86. The maximum Gasteiger partial charge on any atom is 0.333 e. The predicted molar refractivity (Wildman–Crippen MR) is 102 cm³/mol. The molecule has 0 spiro atoms. The van der Waals surface area contributed by atoms with Crippen molar-refractivity contribution < 1.29 is 19.4 Å². The van der Waals surface area contributed by atoms with E-state index in [0.717, 1.165) is 11.1 Å². The van der Waals surface area contributed by atoms with Crippen LogP contribution in [0.15, 0.2) is 48.5 Å². The SMILES string of the molecule is CC(C)O[C@@H](Cc1cccc(OCC#Cc2ccc(Cl)cc2)c1)C(=O)O.